The van der Waals surface area contributed by atoms with Crippen LogP contribution in [0.3, 0.4) is 0 Å². The Kier molecular flexibility index (Phi) is 3.97. The number of benzene rings is 1. The average molecular weight is 354 g/mol. The van der Waals surface area contributed by atoms with Crippen molar-refractivity contribution in [3.8, 4) is 0 Å². The second-order valence-electron chi connectivity index (χ2n) is 5.05. The third-order valence-electron chi connectivity index (χ3n) is 3.65. The van der Waals surface area contributed by atoms with Gasteiger partial charge in [-0.05, 0) is 30.9 Å². The molecule has 2 aliphatic rings. The third-order valence-corrected chi connectivity index (χ3v) is 5.44. The first-order valence-electron chi connectivity index (χ1n) is 6.57. The van der Waals surface area contributed by atoms with Gasteiger partial charge in [0.1, 0.15) is 0 Å². The molecule has 0 aliphatic carbocycles. The molecule has 0 bridgehead atoms. The van der Waals surface area contributed by atoms with Gasteiger partial charge in [-0.15, -0.1) is 0 Å². The van der Waals surface area contributed by atoms with E-state index >= 15 is 0 Å². The maximum Gasteiger partial charge on any atom is 0.248 e. The quantitative estimate of drug-likeness (QED) is 0.871. The largest absolute Gasteiger partial charge is 0.366 e. The number of rotatable bonds is 2. The number of amidine groups is 1. The molecular weight excluding hydrogens is 341 g/mol. The van der Waals surface area contributed by atoms with Crippen molar-refractivity contribution in [2.24, 2.45) is 10.7 Å². The first kappa shape index (κ1) is 15.5. The minimum atomic E-state index is -0.508. The van der Waals surface area contributed by atoms with Gasteiger partial charge in [-0.2, -0.15) is 0 Å². The summed E-state index contributed by atoms with van der Waals surface area (Å²) in [6, 6.07) is 4.97. The number of halogens is 2. The van der Waals surface area contributed by atoms with Crippen LogP contribution in [0.4, 0.5) is 0 Å². The van der Waals surface area contributed by atoms with Gasteiger partial charge >= 0.3 is 0 Å². The number of nitrogens with zero attached hydrogens (tertiary/aromatic N) is 2. The van der Waals surface area contributed by atoms with Crippen LogP contribution < -0.4 is 5.73 Å². The number of allylic oxidation sites excluding steroid dienone is 2. The highest BCUT2D eigenvalue weighted by Crippen LogP contribution is 2.45. The van der Waals surface area contributed by atoms with E-state index < -0.39 is 11.9 Å². The van der Waals surface area contributed by atoms with Crippen LogP contribution in [0.5, 0.6) is 0 Å². The van der Waals surface area contributed by atoms with Gasteiger partial charge in [0, 0.05) is 5.70 Å². The van der Waals surface area contributed by atoms with Gasteiger partial charge in [-0.3, -0.25) is 4.79 Å². The molecular formula is C15H13Cl2N3OS. The Morgan fingerprint density at radius 2 is 2.09 bits per heavy atom. The first-order chi connectivity index (χ1) is 10.4. The highest BCUT2D eigenvalue weighted by atomic mass is 35.5. The lowest BCUT2D eigenvalue weighted by Crippen LogP contribution is -2.37. The minimum absolute atomic E-state index is 0.414. The molecule has 22 heavy (non-hydrogen) atoms. The zero-order chi connectivity index (χ0) is 16.0. The maximum atomic E-state index is 12.0. The molecule has 2 N–H and O–H groups in total. The number of carbonyl (C=O) groups excluding carboxylic acids is 1. The number of nitrogens with two attached hydrogens (primary N) is 1. The zero-order valence-corrected chi connectivity index (χ0v) is 14.3. The Balaban J connectivity index is 2.25. The fourth-order valence-corrected chi connectivity index (χ4v) is 4.02. The number of amides is 1. The van der Waals surface area contributed by atoms with Crippen molar-refractivity contribution < 1.29 is 4.79 Å². The van der Waals surface area contributed by atoms with E-state index in [1.165, 1.54) is 11.8 Å². The highest BCUT2D eigenvalue weighted by Gasteiger charge is 2.39. The van der Waals surface area contributed by atoms with Crippen molar-refractivity contribution in [1.29, 1.82) is 0 Å². The smallest absolute Gasteiger partial charge is 0.248 e. The van der Waals surface area contributed by atoms with E-state index in [0.29, 0.717) is 21.3 Å². The Labute approximate surface area is 142 Å². The molecule has 3 rings (SSSR count). The van der Waals surface area contributed by atoms with E-state index in [-0.39, 0.29) is 0 Å². The van der Waals surface area contributed by atoms with Crippen LogP contribution in [0.1, 0.15) is 25.5 Å². The molecule has 114 valence electrons. The summed E-state index contributed by atoms with van der Waals surface area (Å²) < 4.78 is 0. The molecule has 0 saturated carbocycles. The van der Waals surface area contributed by atoms with E-state index in [2.05, 4.69) is 4.99 Å². The number of aliphatic imine (C=N–C) groups is 1. The highest BCUT2D eigenvalue weighted by molar-refractivity contribution is 8.16. The molecule has 0 radical (unpaired) electrons. The SMILES string of the molecule is CC1=CSC2=NC(C)=C(C(N)=O)[C@@H](c3cccc(Cl)c3Cl)N12. The average Bonchev–Trinajstić information content (AvgIpc) is 2.81. The summed E-state index contributed by atoms with van der Waals surface area (Å²) in [5.41, 5.74) is 8.37. The topological polar surface area (TPSA) is 58.7 Å². The molecule has 0 unspecified atom stereocenters. The molecule has 2 aliphatic heterocycles. The van der Waals surface area contributed by atoms with Crippen LogP contribution in [0.2, 0.25) is 10.0 Å². The molecule has 1 aromatic rings. The van der Waals surface area contributed by atoms with E-state index in [9.17, 15) is 4.79 Å². The summed E-state index contributed by atoms with van der Waals surface area (Å²) in [6.07, 6.45) is 0. The first-order valence-corrected chi connectivity index (χ1v) is 8.21. The molecule has 4 nitrogen and oxygen atoms in total. The Hall–Kier alpha value is -1.43. The van der Waals surface area contributed by atoms with Crippen LogP contribution in [-0.2, 0) is 4.79 Å². The lowest BCUT2D eigenvalue weighted by Gasteiger charge is -2.35. The molecule has 7 heteroatoms. The maximum absolute atomic E-state index is 12.0. The molecule has 1 aromatic carbocycles. The van der Waals surface area contributed by atoms with Crippen LogP contribution in [0.25, 0.3) is 0 Å². The van der Waals surface area contributed by atoms with E-state index in [1.807, 2.05) is 29.4 Å². The second-order valence-corrected chi connectivity index (χ2v) is 6.67. The number of thioether (sulfide) groups is 1. The summed E-state index contributed by atoms with van der Waals surface area (Å²) in [4.78, 5) is 18.5. The summed E-state index contributed by atoms with van der Waals surface area (Å²) in [5.74, 6) is -0.508. The molecule has 0 spiro atoms. The number of hydrogen-bond acceptors (Lipinski definition) is 4. The van der Waals surface area contributed by atoms with Crippen LogP contribution >= 0.6 is 35.0 Å². The van der Waals surface area contributed by atoms with Crippen molar-refractivity contribution in [3.05, 3.63) is 56.2 Å². The minimum Gasteiger partial charge on any atom is -0.366 e. The fraction of sp³-hybridized carbons (Fsp3) is 0.200. The van der Waals surface area contributed by atoms with E-state index in [0.717, 1.165) is 16.4 Å². The number of fused-ring (bicyclic) bond motifs is 1. The van der Waals surface area contributed by atoms with Crippen LogP contribution in [0, 0.1) is 0 Å². The van der Waals surface area contributed by atoms with Crippen molar-refractivity contribution in [2.45, 2.75) is 19.9 Å². The Bertz CT molecular complexity index is 770. The predicted octanol–water partition coefficient (Wildman–Crippen LogP) is 4.07. The molecule has 1 atom stereocenters. The van der Waals surface area contributed by atoms with Gasteiger partial charge in [-0.25, -0.2) is 4.99 Å². The van der Waals surface area contributed by atoms with E-state index in [4.69, 9.17) is 28.9 Å². The van der Waals surface area contributed by atoms with Crippen LogP contribution in [0.15, 0.2) is 45.6 Å². The van der Waals surface area contributed by atoms with Crippen molar-refractivity contribution in [3.63, 3.8) is 0 Å². The van der Waals surface area contributed by atoms with Gasteiger partial charge in [0.05, 0.1) is 27.4 Å². The number of primary amides is 1. The molecule has 0 saturated heterocycles. The fourth-order valence-electron chi connectivity index (χ4n) is 2.67. The normalized spacial score (nSPS) is 20.7. The second kappa shape index (κ2) is 5.65. The lowest BCUT2D eigenvalue weighted by atomic mass is 9.93. The molecule has 0 fully saturated rings. The van der Waals surface area contributed by atoms with Gasteiger partial charge in [-0.1, -0.05) is 47.1 Å². The summed E-state index contributed by atoms with van der Waals surface area (Å²) >= 11 is 14.0. The summed E-state index contributed by atoms with van der Waals surface area (Å²) in [6.45, 7) is 3.74. The number of hydrogen-bond donors (Lipinski definition) is 1. The molecule has 1 amide bonds. The van der Waals surface area contributed by atoms with Crippen molar-refractivity contribution in [1.82, 2.24) is 4.90 Å². The standard InChI is InChI=1S/C15H13Cl2N3OS/c1-7-6-22-15-19-8(2)11(14(18)21)13(20(7)15)9-4-3-5-10(16)12(9)17/h3-6,13H,1-2H3,(H2,18,21)/t13-/m1/s1. The Morgan fingerprint density at radius 1 is 1.36 bits per heavy atom. The van der Waals surface area contributed by atoms with Crippen molar-refractivity contribution >= 4 is 46.0 Å². The molecule has 0 aromatic heterocycles. The summed E-state index contributed by atoms with van der Waals surface area (Å²) in [5, 5.41) is 3.66. The van der Waals surface area contributed by atoms with Gasteiger partial charge in [0.15, 0.2) is 5.17 Å². The van der Waals surface area contributed by atoms with Gasteiger partial charge in [0.25, 0.3) is 0 Å². The zero-order valence-electron chi connectivity index (χ0n) is 11.9. The third kappa shape index (κ3) is 2.33. The lowest BCUT2D eigenvalue weighted by molar-refractivity contribution is -0.115. The monoisotopic (exact) mass is 353 g/mol. The van der Waals surface area contributed by atoms with Crippen LogP contribution in [-0.4, -0.2) is 16.0 Å². The van der Waals surface area contributed by atoms with E-state index in [1.54, 1.807) is 13.0 Å². The molecule has 2 heterocycles. The Morgan fingerprint density at radius 3 is 2.77 bits per heavy atom. The van der Waals surface area contributed by atoms with Crippen molar-refractivity contribution in [2.75, 3.05) is 0 Å². The predicted molar refractivity (Wildman–Crippen MR) is 91.7 cm³/mol. The van der Waals surface area contributed by atoms with Gasteiger partial charge < -0.3 is 10.6 Å². The van der Waals surface area contributed by atoms with Gasteiger partial charge in [0.2, 0.25) is 5.91 Å². The number of carbonyl (C=O) groups is 1. The summed E-state index contributed by atoms with van der Waals surface area (Å²) in [7, 11) is 0.